The van der Waals surface area contributed by atoms with Gasteiger partial charge < -0.3 is 9.67 Å². The van der Waals surface area contributed by atoms with Crippen molar-refractivity contribution in [2.75, 3.05) is 0 Å². The quantitative estimate of drug-likeness (QED) is 0.633. The molecule has 0 aromatic heterocycles. The van der Waals surface area contributed by atoms with E-state index in [1.54, 1.807) is 0 Å². The highest BCUT2D eigenvalue weighted by Gasteiger charge is 2.72. The summed E-state index contributed by atoms with van der Waals surface area (Å²) in [6.45, 7) is 0.795. The van der Waals surface area contributed by atoms with Crippen molar-refractivity contribution < 1.29 is 40.8 Å². The molecule has 0 spiro atoms. The van der Waals surface area contributed by atoms with Gasteiger partial charge in [-0.1, -0.05) is 6.92 Å². The zero-order valence-electron chi connectivity index (χ0n) is 7.76. The van der Waals surface area contributed by atoms with Crippen molar-refractivity contribution in [2.45, 2.75) is 30.8 Å². The molecule has 0 amide bonds. The zero-order valence-corrected chi connectivity index (χ0v) is 8.66. The fourth-order valence-corrected chi connectivity index (χ4v) is 2.90. The summed E-state index contributed by atoms with van der Waals surface area (Å²) in [6.07, 6.45) is -1.02. The number of carboxylic acid groups (broad SMARTS) is 1. The predicted molar refractivity (Wildman–Crippen MR) is 41.4 cm³/mol. The van der Waals surface area contributed by atoms with E-state index in [0.717, 1.165) is 6.92 Å². The van der Waals surface area contributed by atoms with E-state index in [-0.39, 0.29) is 0 Å². The second kappa shape index (κ2) is 4.27. The Bertz CT molecular complexity index is 301. The molecule has 0 aliphatic heterocycles. The minimum Gasteiger partial charge on any atom is -0.481 e. The first-order valence-corrected chi connectivity index (χ1v) is 5.63. The zero-order chi connectivity index (χ0) is 13.4. The Hall–Kier alpha value is -0.720. The summed E-state index contributed by atoms with van der Waals surface area (Å²) >= 11 is 0. The molecule has 0 aromatic carbocycles. The molecule has 0 rings (SSSR count). The molecular formula is C6H7F6O3P. The molecule has 10 heteroatoms. The van der Waals surface area contributed by atoms with Crippen molar-refractivity contribution in [1.29, 1.82) is 0 Å². The highest BCUT2D eigenvalue weighted by atomic mass is 31.2. The smallest absolute Gasteiger partial charge is 0.449 e. The number of alkyl halides is 6. The molecule has 0 fully saturated rings. The summed E-state index contributed by atoms with van der Waals surface area (Å²) in [5.74, 6) is -14.6. The number of carbonyl (C=O) groups is 1. The summed E-state index contributed by atoms with van der Waals surface area (Å²) < 4.78 is 83.9. The molecule has 3 nitrogen and oxygen atoms in total. The van der Waals surface area contributed by atoms with Gasteiger partial charge in [-0.2, -0.15) is 26.3 Å². The number of halogens is 6. The molecule has 96 valence electrons. The Morgan fingerprint density at radius 1 is 1.19 bits per heavy atom. The Balaban J connectivity index is 5.79. The summed E-state index contributed by atoms with van der Waals surface area (Å²) in [5.41, 5.74) is -2.99. The van der Waals surface area contributed by atoms with Gasteiger partial charge in [-0.3, -0.25) is 4.79 Å². The van der Waals surface area contributed by atoms with Crippen LogP contribution in [0.1, 0.15) is 13.3 Å². The molecule has 0 aliphatic rings. The molecule has 0 aliphatic carbocycles. The minimum absolute atomic E-state index is 0.795. The fraction of sp³-hybridized carbons (Fsp3) is 0.833. The lowest BCUT2D eigenvalue weighted by Crippen LogP contribution is -2.34. The topological polar surface area (TPSA) is 54.4 Å². The second-order valence-electron chi connectivity index (χ2n) is 2.86. The second-order valence-corrected chi connectivity index (χ2v) is 5.81. The average Bonchev–Trinajstić information content (AvgIpc) is 1.99. The van der Waals surface area contributed by atoms with E-state index in [0.29, 0.717) is 0 Å². The largest absolute Gasteiger partial charge is 0.481 e. The molecule has 0 radical (unpaired) electrons. The van der Waals surface area contributed by atoms with Gasteiger partial charge in [0, 0.05) is 0 Å². The molecule has 0 bridgehead atoms. The van der Waals surface area contributed by atoms with Crippen LogP contribution in [0.15, 0.2) is 0 Å². The van der Waals surface area contributed by atoms with Gasteiger partial charge in [0.15, 0.2) is 0 Å². The molecule has 1 N–H and O–H groups in total. The van der Waals surface area contributed by atoms with Crippen LogP contribution in [0.3, 0.4) is 0 Å². The first-order valence-electron chi connectivity index (χ1n) is 3.85. The molecule has 1 atom stereocenters. The number of rotatable bonds is 3. The van der Waals surface area contributed by atoms with E-state index in [1.165, 1.54) is 0 Å². The molecule has 1 unspecified atom stereocenters. The normalized spacial score (nSPS) is 15.9. The summed E-state index contributed by atoms with van der Waals surface area (Å²) in [4.78, 5) is 10.3. The van der Waals surface area contributed by atoms with E-state index in [4.69, 9.17) is 5.11 Å². The molecule has 0 heterocycles. The van der Waals surface area contributed by atoms with Gasteiger partial charge in [-0.05, 0) is 6.42 Å². The third kappa shape index (κ3) is 2.34. The minimum atomic E-state index is -6.85. The monoisotopic (exact) mass is 272 g/mol. The molecule has 16 heavy (non-hydrogen) atoms. The summed E-state index contributed by atoms with van der Waals surface area (Å²) in [5, 5.41) is 8.26. The van der Waals surface area contributed by atoms with Crippen LogP contribution in [-0.4, -0.2) is 28.6 Å². The molecular weight excluding hydrogens is 265 g/mol. The maximum absolute atomic E-state index is 12.2. The van der Waals surface area contributed by atoms with Crippen LogP contribution in [-0.2, 0) is 9.36 Å². The van der Waals surface area contributed by atoms with Crippen molar-refractivity contribution in [1.82, 2.24) is 0 Å². The third-order valence-electron chi connectivity index (χ3n) is 1.86. The van der Waals surface area contributed by atoms with Crippen LogP contribution >= 0.6 is 7.14 Å². The van der Waals surface area contributed by atoms with Crippen molar-refractivity contribution in [3.05, 3.63) is 0 Å². The van der Waals surface area contributed by atoms with Gasteiger partial charge in [-0.15, -0.1) is 0 Å². The summed E-state index contributed by atoms with van der Waals surface area (Å²) in [6, 6.07) is 0. The van der Waals surface area contributed by atoms with Crippen LogP contribution in [0.25, 0.3) is 0 Å². The van der Waals surface area contributed by atoms with Crippen molar-refractivity contribution in [2.24, 2.45) is 0 Å². The Kier molecular flexibility index (Phi) is 4.08. The molecule has 0 saturated heterocycles. The highest BCUT2D eigenvalue weighted by molar-refractivity contribution is 7.67. The average molecular weight is 272 g/mol. The standard InChI is InChI=1S/C6H7F6O3P/c1-2-3(4(13)14)16(15,5(7,8)9)6(10,11)12/h3H,2H2,1H3,(H,13,14). The number of carboxylic acids is 1. The van der Waals surface area contributed by atoms with Crippen LogP contribution in [0.5, 0.6) is 0 Å². The Morgan fingerprint density at radius 3 is 1.56 bits per heavy atom. The molecule has 0 aromatic rings. The van der Waals surface area contributed by atoms with E-state index in [1.807, 2.05) is 0 Å². The van der Waals surface area contributed by atoms with Crippen LogP contribution < -0.4 is 0 Å². The van der Waals surface area contributed by atoms with Gasteiger partial charge in [0.25, 0.3) is 0 Å². The van der Waals surface area contributed by atoms with Gasteiger partial charge >= 0.3 is 24.9 Å². The Labute approximate surface area is 85.8 Å². The highest BCUT2D eigenvalue weighted by Crippen LogP contribution is 2.74. The van der Waals surface area contributed by atoms with Crippen molar-refractivity contribution in [3.63, 3.8) is 0 Å². The summed E-state index contributed by atoms with van der Waals surface area (Å²) in [7, 11) is -6.85. The predicted octanol–water partition coefficient (Wildman–Crippen LogP) is 3.25. The van der Waals surface area contributed by atoms with Crippen LogP contribution in [0, 0.1) is 0 Å². The molecule has 0 saturated carbocycles. The first-order chi connectivity index (χ1) is 6.89. The fourth-order valence-electron chi connectivity index (χ4n) is 1.08. The first kappa shape index (κ1) is 15.3. The van der Waals surface area contributed by atoms with E-state index in [2.05, 4.69) is 0 Å². The SMILES string of the molecule is CCC(C(=O)O)P(=O)(C(F)(F)F)C(F)(F)F. The lowest BCUT2D eigenvalue weighted by Gasteiger charge is -2.27. The van der Waals surface area contributed by atoms with E-state index in [9.17, 15) is 35.7 Å². The van der Waals surface area contributed by atoms with Gasteiger partial charge in [0.05, 0.1) is 0 Å². The number of hydrogen-bond donors (Lipinski definition) is 1. The van der Waals surface area contributed by atoms with Crippen LogP contribution in [0.2, 0.25) is 0 Å². The number of hydrogen-bond acceptors (Lipinski definition) is 2. The van der Waals surface area contributed by atoms with Gasteiger partial charge in [0.2, 0.25) is 0 Å². The van der Waals surface area contributed by atoms with Crippen molar-refractivity contribution in [3.8, 4) is 0 Å². The van der Waals surface area contributed by atoms with Crippen molar-refractivity contribution >= 4 is 13.1 Å². The van der Waals surface area contributed by atoms with Gasteiger partial charge in [-0.25, -0.2) is 0 Å². The number of aliphatic carboxylic acids is 1. The maximum Gasteiger partial charge on any atom is 0.449 e. The lowest BCUT2D eigenvalue weighted by atomic mass is 10.3. The van der Waals surface area contributed by atoms with E-state index < -0.39 is 37.0 Å². The maximum atomic E-state index is 12.2. The lowest BCUT2D eigenvalue weighted by molar-refractivity contribution is -0.139. The van der Waals surface area contributed by atoms with Gasteiger partial charge in [0.1, 0.15) is 5.66 Å². The Morgan fingerprint density at radius 2 is 1.50 bits per heavy atom. The van der Waals surface area contributed by atoms with Crippen LogP contribution in [0.4, 0.5) is 26.3 Å². The van der Waals surface area contributed by atoms with E-state index >= 15 is 0 Å². The third-order valence-corrected chi connectivity index (χ3v) is 4.83.